The Balaban J connectivity index is 1.49. The molecule has 1 fully saturated rings. The van der Waals surface area contributed by atoms with Crippen molar-refractivity contribution in [1.82, 2.24) is 20.1 Å². The number of rotatable bonds is 8. The van der Waals surface area contributed by atoms with Crippen molar-refractivity contribution in [3.63, 3.8) is 0 Å². The van der Waals surface area contributed by atoms with E-state index in [2.05, 4.69) is 15.5 Å². The largest absolute Gasteiger partial charge is 0.352 e. The van der Waals surface area contributed by atoms with Crippen LogP contribution in [0.25, 0.3) is 11.4 Å². The van der Waals surface area contributed by atoms with Gasteiger partial charge in [-0.1, -0.05) is 61.4 Å². The summed E-state index contributed by atoms with van der Waals surface area (Å²) in [4.78, 5) is 27.8. The van der Waals surface area contributed by atoms with E-state index in [1.165, 1.54) is 47.3 Å². The summed E-state index contributed by atoms with van der Waals surface area (Å²) < 4.78 is 15.4. The monoisotopic (exact) mass is 495 g/mol. The third-order valence-corrected chi connectivity index (χ3v) is 7.29. The lowest BCUT2D eigenvalue weighted by Gasteiger charge is -2.27. The molecule has 0 spiro atoms. The first kappa shape index (κ1) is 24.9. The highest BCUT2D eigenvalue weighted by Gasteiger charge is 2.28. The summed E-state index contributed by atoms with van der Waals surface area (Å²) >= 11 is 1.28. The molecule has 0 saturated heterocycles. The van der Waals surface area contributed by atoms with E-state index >= 15 is 0 Å². The number of hydrogen-bond donors (Lipinski definition) is 1. The first-order chi connectivity index (χ1) is 16.9. The first-order valence-corrected chi connectivity index (χ1v) is 12.8. The Morgan fingerprint density at radius 1 is 1.09 bits per heavy atom. The number of carbonyl (C=O) groups excluding carboxylic acids is 2. The highest BCUT2D eigenvalue weighted by atomic mass is 32.2. The number of anilines is 1. The fourth-order valence-electron chi connectivity index (χ4n) is 4.27. The molecule has 7 nitrogen and oxygen atoms in total. The van der Waals surface area contributed by atoms with E-state index in [1.807, 2.05) is 41.9 Å². The third-order valence-electron chi connectivity index (χ3n) is 6.17. The van der Waals surface area contributed by atoms with E-state index in [4.69, 9.17) is 0 Å². The van der Waals surface area contributed by atoms with Crippen LogP contribution in [0.4, 0.5) is 10.1 Å². The highest BCUT2D eigenvalue weighted by Crippen LogP contribution is 2.28. The average molecular weight is 496 g/mol. The van der Waals surface area contributed by atoms with Gasteiger partial charge in [0.05, 0.1) is 5.25 Å². The maximum atomic E-state index is 13.6. The summed E-state index contributed by atoms with van der Waals surface area (Å²) in [6, 6.07) is 15.5. The molecule has 9 heteroatoms. The van der Waals surface area contributed by atoms with E-state index < -0.39 is 11.1 Å². The molecule has 184 valence electrons. The van der Waals surface area contributed by atoms with Gasteiger partial charge in [-0.2, -0.15) is 0 Å². The molecule has 1 unspecified atom stereocenters. The van der Waals surface area contributed by atoms with Crippen LogP contribution in [0.3, 0.4) is 0 Å². The lowest BCUT2D eigenvalue weighted by molar-refractivity contribution is -0.124. The molecular weight excluding hydrogens is 465 g/mol. The number of carbonyl (C=O) groups is 2. The Hall–Kier alpha value is -3.20. The number of benzene rings is 2. The predicted octanol–water partition coefficient (Wildman–Crippen LogP) is 4.58. The van der Waals surface area contributed by atoms with Gasteiger partial charge in [-0.3, -0.25) is 9.59 Å². The lowest BCUT2D eigenvalue weighted by atomic mass is 9.95. The molecule has 1 saturated carbocycles. The van der Waals surface area contributed by atoms with Crippen molar-refractivity contribution in [1.29, 1.82) is 0 Å². The number of nitrogens with one attached hydrogen (secondary N) is 1. The van der Waals surface area contributed by atoms with Crippen molar-refractivity contribution in [2.75, 3.05) is 11.4 Å². The standard InChI is InChI=1S/C26H30FN5O2S/c1-18(35-26-30-29-24(31(26)2)19-9-5-3-6-10-19)25(34)32(22-15-13-20(27)14-16-22)17-23(33)28-21-11-7-4-8-12-21/h3,5-6,9-10,13-16,18,21H,4,7-8,11-12,17H2,1-2H3,(H,28,33). The van der Waals surface area contributed by atoms with Gasteiger partial charge >= 0.3 is 0 Å². The van der Waals surface area contributed by atoms with Crippen molar-refractivity contribution in [2.45, 2.75) is 55.5 Å². The van der Waals surface area contributed by atoms with Gasteiger partial charge in [0.15, 0.2) is 11.0 Å². The fraction of sp³-hybridized carbons (Fsp3) is 0.385. The number of amides is 2. The van der Waals surface area contributed by atoms with Gasteiger partial charge in [-0.25, -0.2) is 4.39 Å². The van der Waals surface area contributed by atoms with Gasteiger partial charge in [-0.05, 0) is 44.0 Å². The van der Waals surface area contributed by atoms with Gasteiger partial charge in [0, 0.05) is 24.3 Å². The van der Waals surface area contributed by atoms with E-state index in [0.29, 0.717) is 16.7 Å². The summed E-state index contributed by atoms with van der Waals surface area (Å²) in [7, 11) is 1.86. The second kappa shape index (κ2) is 11.5. The summed E-state index contributed by atoms with van der Waals surface area (Å²) in [5.74, 6) is -0.167. The fourth-order valence-corrected chi connectivity index (χ4v) is 5.14. The van der Waals surface area contributed by atoms with Crippen LogP contribution in [0.2, 0.25) is 0 Å². The number of hydrogen-bond acceptors (Lipinski definition) is 5. The average Bonchev–Trinajstić information content (AvgIpc) is 3.23. The van der Waals surface area contributed by atoms with Gasteiger partial charge in [0.2, 0.25) is 11.8 Å². The maximum Gasteiger partial charge on any atom is 0.240 e. The molecule has 1 aliphatic rings. The molecular formula is C26H30FN5O2S. The SMILES string of the molecule is CC(Sc1nnc(-c2ccccc2)n1C)C(=O)N(CC(=O)NC1CCCCC1)c1ccc(F)cc1. The number of thioether (sulfide) groups is 1. The molecule has 0 aliphatic heterocycles. The van der Waals surface area contributed by atoms with Crippen molar-refractivity contribution in [2.24, 2.45) is 7.05 Å². The zero-order valence-corrected chi connectivity index (χ0v) is 20.8. The lowest BCUT2D eigenvalue weighted by Crippen LogP contribution is -2.46. The summed E-state index contributed by atoms with van der Waals surface area (Å²) in [6.07, 6.45) is 5.30. The Kier molecular flexibility index (Phi) is 8.17. The second-order valence-corrected chi connectivity index (χ2v) is 10.1. The summed E-state index contributed by atoms with van der Waals surface area (Å²) in [6.45, 7) is 1.65. The number of aromatic nitrogens is 3. The Morgan fingerprint density at radius 3 is 2.46 bits per heavy atom. The number of halogens is 1. The molecule has 2 aromatic carbocycles. The van der Waals surface area contributed by atoms with E-state index in [0.717, 1.165) is 31.2 Å². The molecule has 0 radical (unpaired) electrons. The van der Waals surface area contributed by atoms with Crippen molar-refractivity contribution < 1.29 is 14.0 Å². The number of nitrogens with zero attached hydrogens (tertiary/aromatic N) is 4. The molecule has 4 rings (SSSR count). The molecule has 3 aromatic rings. The highest BCUT2D eigenvalue weighted by molar-refractivity contribution is 8.00. The second-order valence-electron chi connectivity index (χ2n) is 8.79. The zero-order chi connectivity index (χ0) is 24.8. The van der Waals surface area contributed by atoms with Crippen molar-refractivity contribution >= 4 is 29.3 Å². The van der Waals surface area contributed by atoms with Crippen molar-refractivity contribution in [3.8, 4) is 11.4 Å². The zero-order valence-electron chi connectivity index (χ0n) is 20.0. The van der Waals surface area contributed by atoms with Gasteiger partial charge in [0.1, 0.15) is 12.4 Å². The molecule has 1 N–H and O–H groups in total. The van der Waals surface area contributed by atoms with Crippen LogP contribution in [-0.2, 0) is 16.6 Å². The minimum atomic E-state index is -0.547. The molecule has 0 bridgehead atoms. The predicted molar refractivity (Wildman–Crippen MR) is 136 cm³/mol. The van der Waals surface area contributed by atoms with Gasteiger partial charge in [-0.15, -0.1) is 10.2 Å². The molecule has 1 aliphatic carbocycles. The van der Waals surface area contributed by atoms with Crippen LogP contribution in [0.1, 0.15) is 39.0 Å². The maximum absolute atomic E-state index is 13.6. The topological polar surface area (TPSA) is 80.1 Å². The Bertz CT molecular complexity index is 1150. The Labute approximate surface area is 209 Å². The Morgan fingerprint density at radius 2 is 1.77 bits per heavy atom. The molecule has 1 atom stereocenters. The minimum absolute atomic E-state index is 0.125. The first-order valence-electron chi connectivity index (χ1n) is 11.9. The normalized spacial score (nSPS) is 14.9. The van der Waals surface area contributed by atoms with E-state index in [1.54, 1.807) is 6.92 Å². The molecule has 35 heavy (non-hydrogen) atoms. The van der Waals surface area contributed by atoms with Crippen LogP contribution in [0.5, 0.6) is 0 Å². The molecule has 1 heterocycles. The van der Waals surface area contributed by atoms with Crippen LogP contribution in [0.15, 0.2) is 59.8 Å². The van der Waals surface area contributed by atoms with Gasteiger partial charge < -0.3 is 14.8 Å². The van der Waals surface area contributed by atoms with Crippen LogP contribution in [0, 0.1) is 5.82 Å². The summed E-state index contributed by atoms with van der Waals surface area (Å²) in [5, 5.41) is 11.7. The molecule has 2 amide bonds. The van der Waals surface area contributed by atoms with E-state index in [9.17, 15) is 14.0 Å². The van der Waals surface area contributed by atoms with Gasteiger partial charge in [0.25, 0.3) is 0 Å². The minimum Gasteiger partial charge on any atom is -0.352 e. The van der Waals surface area contributed by atoms with Crippen LogP contribution in [-0.4, -0.2) is 44.4 Å². The smallest absolute Gasteiger partial charge is 0.240 e. The quantitative estimate of drug-likeness (QED) is 0.463. The molecule has 1 aromatic heterocycles. The van der Waals surface area contributed by atoms with Crippen LogP contribution >= 0.6 is 11.8 Å². The summed E-state index contributed by atoms with van der Waals surface area (Å²) in [5.41, 5.74) is 1.41. The van der Waals surface area contributed by atoms with Crippen LogP contribution < -0.4 is 10.2 Å². The third kappa shape index (κ3) is 6.28. The van der Waals surface area contributed by atoms with Crippen molar-refractivity contribution in [3.05, 3.63) is 60.4 Å². The van der Waals surface area contributed by atoms with E-state index in [-0.39, 0.29) is 24.4 Å².